The fourth-order valence-electron chi connectivity index (χ4n) is 1.93. The average Bonchev–Trinajstić information content (AvgIpc) is 2.66. The highest BCUT2D eigenvalue weighted by Gasteiger charge is 2.16. The van der Waals surface area contributed by atoms with Gasteiger partial charge in [0.1, 0.15) is 11.2 Å². The summed E-state index contributed by atoms with van der Waals surface area (Å²) in [6.07, 6.45) is 2.31. The Balaban J connectivity index is 2.50. The van der Waals surface area contributed by atoms with E-state index in [1.807, 2.05) is 23.1 Å². The average molecular weight is 264 g/mol. The minimum absolute atomic E-state index is 1.03. The van der Waals surface area contributed by atoms with Crippen molar-refractivity contribution < 1.29 is 4.57 Å². The van der Waals surface area contributed by atoms with Gasteiger partial charge in [-0.25, -0.2) is 0 Å². The molecule has 2 rings (SSSR count). The first kappa shape index (κ1) is 12.7. The molecule has 0 saturated heterocycles. The second-order valence-electron chi connectivity index (χ2n) is 3.84. The van der Waals surface area contributed by atoms with E-state index in [4.69, 9.17) is 0 Å². The van der Waals surface area contributed by atoms with E-state index in [1.54, 1.807) is 0 Å². The van der Waals surface area contributed by atoms with E-state index in [9.17, 15) is 0 Å². The molecule has 90 valence electrons. The molecule has 0 N–H and O–H groups in total. The Hall–Kier alpha value is -0.800. The Labute approximate surface area is 111 Å². The van der Waals surface area contributed by atoms with Crippen LogP contribution < -0.4 is 4.57 Å². The van der Waals surface area contributed by atoms with Crippen molar-refractivity contribution >= 4 is 39.4 Å². The lowest BCUT2D eigenvalue weighted by molar-refractivity contribution is -0.665. The second kappa shape index (κ2) is 5.69. The zero-order valence-corrected chi connectivity index (χ0v) is 12.2. The number of aromatic nitrogens is 1. The maximum atomic E-state index is 2.39. The Kier molecular flexibility index (Phi) is 4.24. The van der Waals surface area contributed by atoms with Crippen molar-refractivity contribution in [3.8, 4) is 0 Å². The van der Waals surface area contributed by atoms with Gasteiger partial charge in [-0.15, -0.1) is 11.8 Å². The molecule has 0 saturated carbocycles. The number of hydrogen-bond acceptors (Lipinski definition) is 2. The molecule has 0 spiro atoms. The number of hydrogen-bond donors (Lipinski definition) is 0. The van der Waals surface area contributed by atoms with Crippen molar-refractivity contribution in [2.24, 2.45) is 0 Å². The van der Waals surface area contributed by atoms with E-state index in [2.05, 4.69) is 55.7 Å². The zero-order chi connectivity index (χ0) is 12.3. The molecule has 1 nitrogen and oxygen atoms in total. The molecule has 0 fully saturated rings. The molecule has 1 aromatic carbocycles. The summed E-state index contributed by atoms with van der Waals surface area (Å²) in [6, 6.07) is 8.63. The third-order valence-electron chi connectivity index (χ3n) is 2.65. The number of nitrogens with zero attached hydrogens (tertiary/aromatic N) is 1. The molecule has 0 atom stereocenters. The standard InChI is InChI=1S/C14H18NS2/c1-4-15-12-8-6-7-9-13(12)17-14(15)10-11(3)16-5-2/h6-10H,4-5H2,1-3H3/q+1. The fourth-order valence-corrected chi connectivity index (χ4v) is 3.88. The highest BCUT2D eigenvalue weighted by atomic mass is 32.2. The Morgan fingerprint density at radius 2 is 2.12 bits per heavy atom. The first-order valence-electron chi connectivity index (χ1n) is 5.98. The van der Waals surface area contributed by atoms with E-state index in [0.29, 0.717) is 0 Å². The summed E-state index contributed by atoms with van der Waals surface area (Å²) in [5, 5.41) is 1.35. The van der Waals surface area contributed by atoms with Crippen LogP contribution in [-0.2, 0) is 6.54 Å². The first-order chi connectivity index (χ1) is 8.26. The summed E-state index contributed by atoms with van der Waals surface area (Å²) in [5.74, 6) is 1.14. The summed E-state index contributed by atoms with van der Waals surface area (Å²) in [5.41, 5.74) is 1.35. The second-order valence-corrected chi connectivity index (χ2v) is 6.41. The van der Waals surface area contributed by atoms with Crippen LogP contribution in [0.25, 0.3) is 16.3 Å². The van der Waals surface area contributed by atoms with Crippen LogP contribution >= 0.6 is 23.1 Å². The van der Waals surface area contributed by atoms with Crippen LogP contribution in [0.4, 0.5) is 0 Å². The van der Waals surface area contributed by atoms with Gasteiger partial charge in [-0.2, -0.15) is 4.57 Å². The van der Waals surface area contributed by atoms with Crippen LogP contribution in [-0.4, -0.2) is 5.75 Å². The summed E-state index contributed by atoms with van der Waals surface area (Å²) in [6.45, 7) is 7.62. The van der Waals surface area contributed by atoms with Crippen molar-refractivity contribution in [3.05, 3.63) is 34.2 Å². The van der Waals surface area contributed by atoms with Gasteiger partial charge >= 0.3 is 0 Å². The van der Waals surface area contributed by atoms with Gasteiger partial charge in [0.15, 0.2) is 0 Å². The van der Waals surface area contributed by atoms with Gasteiger partial charge in [0.25, 0.3) is 5.01 Å². The van der Waals surface area contributed by atoms with Crippen molar-refractivity contribution in [1.29, 1.82) is 0 Å². The van der Waals surface area contributed by atoms with Gasteiger partial charge in [0, 0.05) is 12.1 Å². The quantitative estimate of drug-likeness (QED) is 0.744. The van der Waals surface area contributed by atoms with Crippen LogP contribution in [0.5, 0.6) is 0 Å². The minimum Gasteiger partial charge on any atom is -0.182 e. The molecule has 0 bridgehead atoms. The van der Waals surface area contributed by atoms with Gasteiger partial charge in [-0.05, 0) is 30.6 Å². The van der Waals surface area contributed by atoms with Crippen molar-refractivity contribution in [2.75, 3.05) is 5.75 Å². The summed E-state index contributed by atoms with van der Waals surface area (Å²) < 4.78 is 3.76. The molecule has 2 aromatic rings. The molecule has 1 aromatic heterocycles. The Morgan fingerprint density at radius 1 is 1.35 bits per heavy atom. The SMILES string of the molecule is CCSC(C)=Cc1sc2ccccc2[n+]1CC. The number of fused-ring (bicyclic) bond motifs is 1. The maximum absolute atomic E-state index is 2.39. The Bertz CT molecular complexity index is 540. The minimum atomic E-state index is 1.03. The third-order valence-corrected chi connectivity index (χ3v) is 4.63. The number of aryl methyl sites for hydroxylation is 1. The van der Waals surface area contributed by atoms with Crippen molar-refractivity contribution in [3.63, 3.8) is 0 Å². The summed E-state index contributed by atoms with van der Waals surface area (Å²) >= 11 is 3.79. The number of allylic oxidation sites excluding steroid dienone is 1. The van der Waals surface area contributed by atoms with E-state index in [-0.39, 0.29) is 0 Å². The van der Waals surface area contributed by atoms with E-state index in [0.717, 1.165) is 12.3 Å². The number of benzene rings is 1. The zero-order valence-electron chi connectivity index (χ0n) is 10.6. The van der Waals surface area contributed by atoms with Crippen LogP contribution in [0.15, 0.2) is 29.2 Å². The first-order valence-corrected chi connectivity index (χ1v) is 7.79. The van der Waals surface area contributed by atoms with E-state index < -0.39 is 0 Å². The molecule has 0 aliphatic carbocycles. The largest absolute Gasteiger partial charge is 0.263 e. The predicted molar refractivity (Wildman–Crippen MR) is 79.5 cm³/mol. The Morgan fingerprint density at radius 3 is 2.82 bits per heavy atom. The van der Waals surface area contributed by atoms with E-state index in [1.165, 1.54) is 20.1 Å². The smallest absolute Gasteiger partial charge is 0.182 e. The van der Waals surface area contributed by atoms with Crippen molar-refractivity contribution in [2.45, 2.75) is 27.3 Å². The highest BCUT2D eigenvalue weighted by molar-refractivity contribution is 8.03. The molecule has 0 amide bonds. The molecule has 3 heteroatoms. The van der Waals surface area contributed by atoms with Gasteiger partial charge in [0.2, 0.25) is 5.52 Å². The maximum Gasteiger partial charge on any atom is 0.263 e. The van der Waals surface area contributed by atoms with Crippen LogP contribution in [0.1, 0.15) is 25.8 Å². The van der Waals surface area contributed by atoms with Crippen LogP contribution in [0, 0.1) is 0 Å². The van der Waals surface area contributed by atoms with Gasteiger partial charge in [-0.1, -0.05) is 30.4 Å². The molecular formula is C14H18NS2+. The lowest BCUT2D eigenvalue weighted by Gasteiger charge is -1.95. The van der Waals surface area contributed by atoms with Crippen LogP contribution in [0.2, 0.25) is 0 Å². The van der Waals surface area contributed by atoms with Crippen molar-refractivity contribution in [1.82, 2.24) is 0 Å². The van der Waals surface area contributed by atoms with Gasteiger partial charge in [0.05, 0.1) is 0 Å². The molecule has 1 heterocycles. The molecule has 17 heavy (non-hydrogen) atoms. The number of rotatable bonds is 4. The monoisotopic (exact) mass is 264 g/mol. The lowest BCUT2D eigenvalue weighted by atomic mass is 10.3. The molecular weight excluding hydrogens is 246 g/mol. The molecule has 0 unspecified atom stereocenters. The number of thioether (sulfide) groups is 1. The molecule has 0 radical (unpaired) electrons. The molecule has 0 aliphatic heterocycles. The molecule has 0 aliphatic rings. The predicted octanol–water partition coefficient (Wildman–Crippen LogP) is 4.32. The highest BCUT2D eigenvalue weighted by Crippen LogP contribution is 2.24. The van der Waals surface area contributed by atoms with Gasteiger partial charge in [-0.3, -0.25) is 0 Å². The van der Waals surface area contributed by atoms with Crippen LogP contribution in [0.3, 0.4) is 0 Å². The van der Waals surface area contributed by atoms with E-state index >= 15 is 0 Å². The topological polar surface area (TPSA) is 3.88 Å². The summed E-state index contributed by atoms with van der Waals surface area (Å²) in [4.78, 5) is 1.39. The number of thiazole rings is 1. The normalized spacial score (nSPS) is 12.3. The van der Waals surface area contributed by atoms with Gasteiger partial charge < -0.3 is 0 Å². The third kappa shape index (κ3) is 2.72. The summed E-state index contributed by atoms with van der Waals surface area (Å²) in [7, 11) is 0. The lowest BCUT2D eigenvalue weighted by Crippen LogP contribution is -2.33. The fraction of sp³-hybridized carbons (Fsp3) is 0.357. The number of para-hydroxylation sites is 1.